The lowest BCUT2D eigenvalue weighted by molar-refractivity contribution is 0.112. The highest BCUT2D eigenvalue weighted by molar-refractivity contribution is 6.30. The molecule has 0 heterocycles. The van der Waals surface area contributed by atoms with Crippen LogP contribution in [0.1, 0.15) is 35.7 Å². The van der Waals surface area contributed by atoms with Crippen molar-refractivity contribution in [1.29, 1.82) is 0 Å². The fourth-order valence-corrected chi connectivity index (χ4v) is 2.64. The van der Waals surface area contributed by atoms with Crippen molar-refractivity contribution in [1.82, 2.24) is 0 Å². The maximum Gasteiger partial charge on any atom is 0.150 e. The molecule has 110 valence electrons. The molecule has 2 aromatic carbocycles. The summed E-state index contributed by atoms with van der Waals surface area (Å²) in [6.07, 6.45) is 5.07. The molecule has 0 spiro atoms. The quantitative estimate of drug-likeness (QED) is 0.491. The monoisotopic (exact) mass is 320 g/mol. The molecular weight excluding hydrogens is 303 g/mol. The van der Waals surface area contributed by atoms with E-state index in [0.717, 1.165) is 40.5 Å². The van der Waals surface area contributed by atoms with E-state index in [1.807, 2.05) is 42.5 Å². The lowest BCUT2D eigenvalue weighted by Crippen LogP contribution is -1.97. The normalized spacial score (nSPS) is 13.4. The van der Waals surface area contributed by atoms with Crippen LogP contribution in [0.2, 0.25) is 0 Å². The minimum atomic E-state index is 0.108. The van der Waals surface area contributed by atoms with Gasteiger partial charge in [0.25, 0.3) is 0 Å². The standard InChI is InChI=1S/C18H18Cl2O/c1-2-15(19)9-10-16(20)11-18-14(12-21)8-7-13-5-3-4-6-17(13)18/h3-8,10,12,15H,2,9,11H2,1H3/b16-10+. The SMILES string of the molecule is CCC(Cl)C/C=C(/Cl)Cc1c(C=O)ccc2ccccc12. The van der Waals surface area contributed by atoms with Crippen molar-refractivity contribution in [3.05, 3.63) is 58.6 Å². The van der Waals surface area contributed by atoms with Crippen LogP contribution < -0.4 is 0 Å². The topological polar surface area (TPSA) is 17.1 Å². The number of halogens is 2. The molecule has 0 amide bonds. The van der Waals surface area contributed by atoms with E-state index in [1.54, 1.807) is 0 Å². The number of rotatable bonds is 6. The summed E-state index contributed by atoms with van der Waals surface area (Å²) < 4.78 is 0. The zero-order valence-electron chi connectivity index (χ0n) is 12.0. The van der Waals surface area contributed by atoms with Gasteiger partial charge in [-0.1, -0.05) is 61.0 Å². The molecular formula is C18H18Cl2O. The Morgan fingerprint density at radius 1 is 1.24 bits per heavy atom. The Balaban J connectivity index is 2.34. The molecule has 0 aliphatic carbocycles. The summed E-state index contributed by atoms with van der Waals surface area (Å²) in [5.41, 5.74) is 1.67. The lowest BCUT2D eigenvalue weighted by atomic mass is 9.97. The number of fused-ring (bicyclic) bond motifs is 1. The second kappa shape index (κ2) is 7.63. The number of alkyl halides is 1. The molecule has 2 aromatic rings. The maximum atomic E-state index is 11.3. The van der Waals surface area contributed by atoms with Crippen LogP contribution in [0.3, 0.4) is 0 Å². The Labute approximate surface area is 135 Å². The van der Waals surface area contributed by atoms with Crippen LogP contribution in [-0.2, 0) is 6.42 Å². The van der Waals surface area contributed by atoms with Gasteiger partial charge in [-0.15, -0.1) is 11.6 Å². The average Bonchev–Trinajstić information content (AvgIpc) is 2.52. The van der Waals surface area contributed by atoms with E-state index < -0.39 is 0 Å². The van der Waals surface area contributed by atoms with Crippen LogP contribution in [0, 0.1) is 0 Å². The van der Waals surface area contributed by atoms with Crippen molar-refractivity contribution in [2.45, 2.75) is 31.6 Å². The summed E-state index contributed by atoms with van der Waals surface area (Å²) in [5, 5.41) is 3.03. The van der Waals surface area contributed by atoms with Crippen molar-refractivity contribution in [2.24, 2.45) is 0 Å². The van der Waals surface area contributed by atoms with Gasteiger partial charge in [0.1, 0.15) is 6.29 Å². The Bertz CT molecular complexity index is 661. The minimum Gasteiger partial charge on any atom is -0.298 e. The van der Waals surface area contributed by atoms with Crippen LogP contribution in [0.25, 0.3) is 10.8 Å². The predicted molar refractivity (Wildman–Crippen MR) is 91.5 cm³/mol. The van der Waals surface area contributed by atoms with Gasteiger partial charge in [0.05, 0.1) is 0 Å². The van der Waals surface area contributed by atoms with Crippen molar-refractivity contribution in [2.75, 3.05) is 0 Å². The first-order valence-corrected chi connectivity index (χ1v) is 7.91. The number of hydrogen-bond acceptors (Lipinski definition) is 1. The number of hydrogen-bond donors (Lipinski definition) is 0. The molecule has 1 unspecified atom stereocenters. The van der Waals surface area contributed by atoms with E-state index in [9.17, 15) is 4.79 Å². The van der Waals surface area contributed by atoms with Gasteiger partial charge in [-0.25, -0.2) is 0 Å². The summed E-state index contributed by atoms with van der Waals surface area (Å²) in [5.74, 6) is 0. The van der Waals surface area contributed by atoms with E-state index in [0.29, 0.717) is 12.0 Å². The molecule has 0 saturated carbocycles. The van der Waals surface area contributed by atoms with Gasteiger partial charge < -0.3 is 0 Å². The molecule has 0 aliphatic heterocycles. The smallest absolute Gasteiger partial charge is 0.150 e. The summed E-state index contributed by atoms with van der Waals surface area (Å²) in [7, 11) is 0. The zero-order valence-corrected chi connectivity index (χ0v) is 13.5. The third-order valence-corrected chi connectivity index (χ3v) is 4.36. The fourth-order valence-electron chi connectivity index (χ4n) is 2.32. The number of benzene rings is 2. The highest BCUT2D eigenvalue weighted by atomic mass is 35.5. The van der Waals surface area contributed by atoms with Gasteiger partial charge in [-0.3, -0.25) is 4.79 Å². The van der Waals surface area contributed by atoms with Crippen LogP contribution in [0.4, 0.5) is 0 Å². The van der Waals surface area contributed by atoms with E-state index in [1.165, 1.54) is 0 Å². The second-order valence-corrected chi connectivity index (χ2v) is 6.14. The van der Waals surface area contributed by atoms with Crippen molar-refractivity contribution < 1.29 is 4.79 Å². The first-order chi connectivity index (χ1) is 10.2. The van der Waals surface area contributed by atoms with Gasteiger partial charge in [-0.05, 0) is 29.2 Å². The summed E-state index contributed by atoms with van der Waals surface area (Å²) >= 11 is 12.4. The third-order valence-electron chi connectivity index (χ3n) is 3.59. The number of carbonyl (C=O) groups excluding carboxylic acids is 1. The molecule has 0 N–H and O–H groups in total. The molecule has 2 rings (SSSR count). The first kappa shape index (κ1) is 16.1. The second-order valence-electron chi connectivity index (χ2n) is 5.04. The summed E-state index contributed by atoms with van der Waals surface area (Å²) in [6, 6.07) is 11.8. The lowest BCUT2D eigenvalue weighted by Gasteiger charge is -2.10. The molecule has 0 bridgehead atoms. The van der Waals surface area contributed by atoms with Crippen LogP contribution in [0.15, 0.2) is 47.5 Å². The Morgan fingerprint density at radius 3 is 2.71 bits per heavy atom. The molecule has 0 radical (unpaired) electrons. The summed E-state index contributed by atoms with van der Waals surface area (Å²) in [6.45, 7) is 2.05. The predicted octanol–water partition coefficient (Wildman–Crippen LogP) is 5.73. The first-order valence-electron chi connectivity index (χ1n) is 7.10. The zero-order chi connectivity index (χ0) is 15.2. The molecule has 0 aromatic heterocycles. The highest BCUT2D eigenvalue weighted by Crippen LogP contribution is 2.26. The van der Waals surface area contributed by atoms with Crippen LogP contribution in [0.5, 0.6) is 0 Å². The average molecular weight is 321 g/mol. The molecule has 0 saturated heterocycles. The van der Waals surface area contributed by atoms with Crippen molar-refractivity contribution >= 4 is 40.3 Å². The van der Waals surface area contributed by atoms with Gasteiger partial charge in [-0.2, -0.15) is 0 Å². The van der Waals surface area contributed by atoms with Crippen LogP contribution in [-0.4, -0.2) is 11.7 Å². The van der Waals surface area contributed by atoms with E-state index in [2.05, 4.69) is 6.92 Å². The number of aldehydes is 1. The molecule has 21 heavy (non-hydrogen) atoms. The highest BCUT2D eigenvalue weighted by Gasteiger charge is 2.09. The van der Waals surface area contributed by atoms with Crippen LogP contribution >= 0.6 is 23.2 Å². The Hall–Kier alpha value is -1.31. The number of allylic oxidation sites excluding steroid dienone is 2. The minimum absolute atomic E-state index is 0.108. The Kier molecular flexibility index (Phi) is 5.84. The molecule has 3 heteroatoms. The van der Waals surface area contributed by atoms with Gasteiger partial charge in [0.15, 0.2) is 0 Å². The maximum absolute atomic E-state index is 11.3. The third kappa shape index (κ3) is 4.09. The number of carbonyl (C=O) groups is 1. The molecule has 0 fully saturated rings. The van der Waals surface area contributed by atoms with E-state index in [4.69, 9.17) is 23.2 Å². The fraction of sp³-hybridized carbons (Fsp3) is 0.278. The van der Waals surface area contributed by atoms with Gasteiger partial charge in [0, 0.05) is 22.4 Å². The molecule has 1 nitrogen and oxygen atoms in total. The largest absolute Gasteiger partial charge is 0.298 e. The summed E-state index contributed by atoms with van der Waals surface area (Å²) in [4.78, 5) is 11.3. The van der Waals surface area contributed by atoms with Crippen molar-refractivity contribution in [3.8, 4) is 0 Å². The van der Waals surface area contributed by atoms with Gasteiger partial charge in [0.2, 0.25) is 0 Å². The van der Waals surface area contributed by atoms with E-state index in [-0.39, 0.29) is 5.38 Å². The molecule has 0 aliphatic rings. The molecule has 1 atom stereocenters. The van der Waals surface area contributed by atoms with Gasteiger partial charge >= 0.3 is 0 Å². The van der Waals surface area contributed by atoms with Crippen molar-refractivity contribution in [3.63, 3.8) is 0 Å². The Morgan fingerprint density at radius 2 is 2.00 bits per heavy atom. The van der Waals surface area contributed by atoms with E-state index >= 15 is 0 Å².